The van der Waals surface area contributed by atoms with Crippen LogP contribution in [0.5, 0.6) is 11.5 Å². The molecule has 166 valence electrons. The number of benzene rings is 2. The molecule has 0 aromatic heterocycles. The molecule has 3 rings (SSSR count). The number of hydrogen-bond donors (Lipinski definition) is 1. The van der Waals surface area contributed by atoms with Gasteiger partial charge in [0.2, 0.25) is 5.91 Å². The number of nitrogens with zero attached hydrogens (tertiary/aromatic N) is 1. The summed E-state index contributed by atoms with van der Waals surface area (Å²) in [6.07, 6.45) is 4.75. The summed E-state index contributed by atoms with van der Waals surface area (Å²) in [5.41, 5.74) is 0.572. The van der Waals surface area contributed by atoms with Crippen LogP contribution in [-0.2, 0) is 4.79 Å². The van der Waals surface area contributed by atoms with Crippen LogP contribution in [0.4, 0.5) is 0 Å². The van der Waals surface area contributed by atoms with E-state index in [9.17, 15) is 9.59 Å². The van der Waals surface area contributed by atoms with Crippen LogP contribution in [0, 0.1) is 0 Å². The fourth-order valence-electron chi connectivity index (χ4n) is 3.75. The van der Waals surface area contributed by atoms with E-state index in [-0.39, 0.29) is 30.5 Å². The van der Waals surface area contributed by atoms with Crippen molar-refractivity contribution >= 4 is 11.8 Å². The smallest absolute Gasteiger partial charge is 0.254 e. The molecule has 2 amide bonds. The van der Waals surface area contributed by atoms with Gasteiger partial charge in [-0.1, -0.05) is 31.5 Å². The number of rotatable bonds is 9. The van der Waals surface area contributed by atoms with Crippen molar-refractivity contribution in [3.8, 4) is 11.5 Å². The SMILES string of the molecule is CCCOc1ccc(OC2CCCCC2NC(=O)CN(C)C(=O)c2ccccc2)cc1. The molecule has 1 aliphatic carbocycles. The van der Waals surface area contributed by atoms with Gasteiger partial charge in [-0.2, -0.15) is 0 Å². The monoisotopic (exact) mass is 424 g/mol. The lowest BCUT2D eigenvalue weighted by atomic mass is 9.92. The third-order valence-corrected chi connectivity index (χ3v) is 5.38. The maximum Gasteiger partial charge on any atom is 0.254 e. The Hall–Kier alpha value is -3.02. The number of carbonyl (C=O) groups is 2. The minimum atomic E-state index is -0.171. The average Bonchev–Trinajstić information content (AvgIpc) is 2.80. The molecule has 1 aliphatic rings. The first-order chi connectivity index (χ1) is 15.1. The van der Waals surface area contributed by atoms with Crippen LogP contribution >= 0.6 is 0 Å². The molecule has 2 aromatic carbocycles. The van der Waals surface area contributed by atoms with Crippen molar-refractivity contribution in [1.29, 1.82) is 0 Å². The zero-order valence-electron chi connectivity index (χ0n) is 18.4. The van der Waals surface area contributed by atoms with Gasteiger partial charge < -0.3 is 19.7 Å². The molecule has 31 heavy (non-hydrogen) atoms. The summed E-state index contributed by atoms with van der Waals surface area (Å²) in [5.74, 6) is 1.26. The molecule has 0 spiro atoms. The topological polar surface area (TPSA) is 67.9 Å². The maximum absolute atomic E-state index is 12.6. The molecule has 1 fully saturated rings. The van der Waals surface area contributed by atoms with Gasteiger partial charge in [-0.15, -0.1) is 0 Å². The summed E-state index contributed by atoms with van der Waals surface area (Å²) in [6, 6.07) is 16.5. The van der Waals surface area contributed by atoms with Gasteiger partial charge in [-0.25, -0.2) is 0 Å². The average molecular weight is 425 g/mol. The van der Waals surface area contributed by atoms with E-state index in [4.69, 9.17) is 9.47 Å². The maximum atomic E-state index is 12.6. The van der Waals surface area contributed by atoms with Gasteiger partial charge >= 0.3 is 0 Å². The zero-order valence-corrected chi connectivity index (χ0v) is 18.4. The summed E-state index contributed by atoms with van der Waals surface area (Å²) < 4.78 is 11.8. The highest BCUT2D eigenvalue weighted by molar-refractivity contribution is 5.96. The summed E-state index contributed by atoms with van der Waals surface area (Å²) in [7, 11) is 1.64. The molecule has 0 aliphatic heterocycles. The molecule has 0 saturated heterocycles. The number of hydrogen-bond acceptors (Lipinski definition) is 4. The number of nitrogens with one attached hydrogen (secondary N) is 1. The first kappa shape index (κ1) is 22.7. The second kappa shape index (κ2) is 11.4. The summed E-state index contributed by atoms with van der Waals surface area (Å²) >= 11 is 0. The molecule has 0 radical (unpaired) electrons. The van der Waals surface area contributed by atoms with Gasteiger partial charge in [0.05, 0.1) is 19.2 Å². The van der Waals surface area contributed by atoms with Gasteiger partial charge in [0.25, 0.3) is 5.91 Å². The molecule has 1 N–H and O–H groups in total. The second-order valence-corrected chi connectivity index (χ2v) is 7.96. The van der Waals surface area contributed by atoms with Crippen molar-refractivity contribution in [2.75, 3.05) is 20.2 Å². The first-order valence-corrected chi connectivity index (χ1v) is 11.1. The van der Waals surface area contributed by atoms with Crippen LogP contribution in [0.1, 0.15) is 49.4 Å². The lowest BCUT2D eigenvalue weighted by Gasteiger charge is -2.33. The summed E-state index contributed by atoms with van der Waals surface area (Å²) in [5, 5.41) is 3.08. The van der Waals surface area contributed by atoms with Crippen LogP contribution < -0.4 is 14.8 Å². The summed E-state index contributed by atoms with van der Waals surface area (Å²) in [4.78, 5) is 26.5. The molecule has 6 heteroatoms. The predicted molar refractivity (Wildman–Crippen MR) is 120 cm³/mol. The molecule has 2 aromatic rings. The third kappa shape index (κ3) is 6.74. The minimum absolute atomic E-state index is 0.0143. The fourth-order valence-corrected chi connectivity index (χ4v) is 3.75. The van der Waals surface area contributed by atoms with Gasteiger partial charge in [0, 0.05) is 12.6 Å². The Balaban J connectivity index is 1.54. The molecular formula is C25H32N2O4. The number of ether oxygens (including phenoxy) is 2. The molecule has 0 bridgehead atoms. The Morgan fingerprint density at radius 3 is 2.39 bits per heavy atom. The van der Waals surface area contributed by atoms with E-state index in [2.05, 4.69) is 12.2 Å². The fraction of sp³-hybridized carbons (Fsp3) is 0.440. The third-order valence-electron chi connectivity index (χ3n) is 5.38. The minimum Gasteiger partial charge on any atom is -0.494 e. The predicted octanol–water partition coefficient (Wildman–Crippen LogP) is 4.05. The lowest BCUT2D eigenvalue weighted by molar-refractivity contribution is -0.123. The van der Waals surface area contributed by atoms with Gasteiger partial charge in [-0.3, -0.25) is 9.59 Å². The van der Waals surface area contributed by atoms with Crippen LogP contribution in [0.3, 0.4) is 0 Å². The Morgan fingerprint density at radius 2 is 1.68 bits per heavy atom. The van der Waals surface area contributed by atoms with Gasteiger partial charge in [0.15, 0.2) is 0 Å². The van der Waals surface area contributed by atoms with Gasteiger partial charge in [0.1, 0.15) is 17.6 Å². The van der Waals surface area contributed by atoms with E-state index in [1.165, 1.54) is 4.90 Å². The van der Waals surface area contributed by atoms with Crippen molar-refractivity contribution < 1.29 is 19.1 Å². The van der Waals surface area contributed by atoms with Crippen LogP contribution in [-0.4, -0.2) is 49.1 Å². The Kier molecular flexibility index (Phi) is 8.33. The van der Waals surface area contributed by atoms with Crippen molar-refractivity contribution in [1.82, 2.24) is 10.2 Å². The highest BCUT2D eigenvalue weighted by atomic mass is 16.5. The Labute approximate surface area is 184 Å². The highest BCUT2D eigenvalue weighted by Gasteiger charge is 2.29. The van der Waals surface area contributed by atoms with Crippen LogP contribution in [0.15, 0.2) is 54.6 Å². The lowest BCUT2D eigenvalue weighted by Crippen LogP contribution is -2.50. The van der Waals surface area contributed by atoms with E-state index in [0.29, 0.717) is 12.2 Å². The van der Waals surface area contributed by atoms with Crippen LogP contribution in [0.25, 0.3) is 0 Å². The van der Waals surface area contributed by atoms with E-state index in [1.54, 1.807) is 19.2 Å². The Morgan fingerprint density at radius 1 is 1.00 bits per heavy atom. The van der Waals surface area contributed by atoms with E-state index in [1.807, 2.05) is 42.5 Å². The molecular weight excluding hydrogens is 392 g/mol. The van der Waals surface area contributed by atoms with E-state index in [0.717, 1.165) is 43.6 Å². The Bertz CT molecular complexity index is 838. The van der Waals surface area contributed by atoms with Crippen molar-refractivity contribution in [2.45, 2.75) is 51.2 Å². The van der Waals surface area contributed by atoms with Crippen LogP contribution in [0.2, 0.25) is 0 Å². The van der Waals surface area contributed by atoms with Crippen molar-refractivity contribution in [3.63, 3.8) is 0 Å². The molecule has 2 unspecified atom stereocenters. The molecule has 6 nitrogen and oxygen atoms in total. The summed E-state index contributed by atoms with van der Waals surface area (Å²) in [6.45, 7) is 2.78. The van der Waals surface area contributed by atoms with Crippen molar-refractivity contribution in [2.24, 2.45) is 0 Å². The number of likely N-dealkylation sites (N-methyl/N-ethyl adjacent to an activating group) is 1. The molecule has 0 heterocycles. The quantitative estimate of drug-likeness (QED) is 0.659. The zero-order chi connectivity index (χ0) is 22.1. The number of carbonyl (C=O) groups excluding carboxylic acids is 2. The van der Waals surface area contributed by atoms with E-state index >= 15 is 0 Å². The van der Waals surface area contributed by atoms with E-state index < -0.39 is 0 Å². The normalized spacial score (nSPS) is 18.1. The van der Waals surface area contributed by atoms with Crippen molar-refractivity contribution in [3.05, 3.63) is 60.2 Å². The highest BCUT2D eigenvalue weighted by Crippen LogP contribution is 2.25. The standard InChI is InChI=1S/C25H32N2O4/c1-3-17-30-20-13-15-21(16-14-20)31-23-12-8-7-11-22(23)26-24(28)18-27(2)25(29)19-9-5-4-6-10-19/h4-6,9-10,13-16,22-23H,3,7-8,11-12,17-18H2,1-2H3,(H,26,28). The first-order valence-electron chi connectivity index (χ1n) is 11.1. The molecule has 2 atom stereocenters. The second-order valence-electron chi connectivity index (χ2n) is 7.96. The largest absolute Gasteiger partial charge is 0.494 e. The molecule has 1 saturated carbocycles. The van der Waals surface area contributed by atoms with Gasteiger partial charge in [-0.05, 0) is 62.1 Å². The number of amides is 2.